The maximum atomic E-state index is 13.8. The summed E-state index contributed by atoms with van der Waals surface area (Å²) in [7, 11) is 1.26. The van der Waals surface area contributed by atoms with Gasteiger partial charge in [0.1, 0.15) is 5.82 Å². The van der Waals surface area contributed by atoms with Crippen molar-refractivity contribution in [1.82, 2.24) is 4.98 Å². The number of hydrogen-bond acceptors (Lipinski definition) is 3. The van der Waals surface area contributed by atoms with Gasteiger partial charge in [0, 0.05) is 11.8 Å². The summed E-state index contributed by atoms with van der Waals surface area (Å²) in [5.74, 6) is -1.03. The minimum atomic E-state index is -0.556. The highest BCUT2D eigenvalue weighted by Gasteiger charge is 2.08. The molecule has 0 N–H and O–H groups in total. The van der Waals surface area contributed by atoms with Crippen LogP contribution in [-0.2, 0) is 4.74 Å². The number of benzene rings is 1. The molecular weight excluding hydrogens is 245 g/mol. The molecule has 0 saturated carbocycles. The predicted molar refractivity (Wildman–Crippen MR) is 70.9 cm³/mol. The fourth-order valence-electron chi connectivity index (χ4n) is 1.56. The van der Waals surface area contributed by atoms with E-state index in [1.165, 1.54) is 19.2 Å². The Hall–Kier alpha value is -2.49. The number of carbonyl (C=O) groups is 1. The first-order chi connectivity index (χ1) is 9.20. The van der Waals surface area contributed by atoms with Gasteiger partial charge in [-0.1, -0.05) is 12.1 Å². The summed E-state index contributed by atoms with van der Waals surface area (Å²) in [4.78, 5) is 15.3. The van der Waals surface area contributed by atoms with Gasteiger partial charge in [-0.2, -0.15) is 0 Å². The van der Waals surface area contributed by atoms with Gasteiger partial charge < -0.3 is 4.74 Å². The van der Waals surface area contributed by atoms with Crippen LogP contribution in [0.2, 0.25) is 0 Å². The first kappa shape index (κ1) is 13.0. The molecule has 4 heteroatoms. The van der Waals surface area contributed by atoms with Gasteiger partial charge >= 0.3 is 5.97 Å². The van der Waals surface area contributed by atoms with Crippen molar-refractivity contribution in [1.29, 1.82) is 0 Å². The van der Waals surface area contributed by atoms with Crippen molar-refractivity contribution >= 4 is 18.1 Å². The maximum Gasteiger partial charge on any atom is 0.337 e. The highest BCUT2D eigenvalue weighted by Crippen LogP contribution is 2.14. The largest absolute Gasteiger partial charge is 0.465 e. The van der Waals surface area contributed by atoms with Gasteiger partial charge in [0.05, 0.1) is 18.4 Å². The summed E-state index contributed by atoms with van der Waals surface area (Å²) in [6.07, 6.45) is 4.98. The standard InChI is InChI=1S/C15H12FNO2/c1-19-15(18)12-6-5-11(14(16)10-12)7-8-13-4-2-3-9-17-13/h2-10H,1H3/b8-7+. The number of ether oxygens (including phenoxy) is 1. The Morgan fingerprint density at radius 1 is 1.26 bits per heavy atom. The van der Waals surface area contributed by atoms with Crippen molar-refractivity contribution in [3.63, 3.8) is 0 Å². The third-order valence-corrected chi connectivity index (χ3v) is 2.54. The molecule has 2 rings (SSSR count). The lowest BCUT2D eigenvalue weighted by Gasteiger charge is -2.01. The zero-order chi connectivity index (χ0) is 13.7. The molecule has 0 aliphatic heterocycles. The van der Waals surface area contributed by atoms with E-state index in [1.807, 2.05) is 18.2 Å². The Labute approximate surface area is 110 Å². The van der Waals surface area contributed by atoms with Crippen LogP contribution in [-0.4, -0.2) is 18.1 Å². The van der Waals surface area contributed by atoms with Crippen LogP contribution in [0.5, 0.6) is 0 Å². The summed E-state index contributed by atoms with van der Waals surface area (Å²) in [5.41, 5.74) is 1.31. The van der Waals surface area contributed by atoms with E-state index in [0.717, 1.165) is 11.8 Å². The zero-order valence-corrected chi connectivity index (χ0v) is 10.3. The van der Waals surface area contributed by atoms with Crippen molar-refractivity contribution in [2.24, 2.45) is 0 Å². The van der Waals surface area contributed by atoms with Crippen LogP contribution < -0.4 is 0 Å². The smallest absolute Gasteiger partial charge is 0.337 e. The van der Waals surface area contributed by atoms with Crippen LogP contribution in [0.15, 0.2) is 42.6 Å². The van der Waals surface area contributed by atoms with Gasteiger partial charge in [-0.05, 0) is 36.4 Å². The van der Waals surface area contributed by atoms with Gasteiger partial charge in [0.15, 0.2) is 0 Å². The topological polar surface area (TPSA) is 39.2 Å². The third-order valence-electron chi connectivity index (χ3n) is 2.54. The molecule has 96 valence electrons. The summed E-state index contributed by atoms with van der Waals surface area (Å²) >= 11 is 0. The number of halogens is 1. The molecule has 0 amide bonds. The third kappa shape index (κ3) is 3.25. The monoisotopic (exact) mass is 257 g/mol. The van der Waals surface area contributed by atoms with Crippen LogP contribution >= 0.6 is 0 Å². The molecule has 0 spiro atoms. The lowest BCUT2D eigenvalue weighted by molar-refractivity contribution is 0.0600. The molecule has 0 atom stereocenters. The molecular formula is C15H12FNO2. The van der Waals surface area contributed by atoms with Crippen LogP contribution in [0.25, 0.3) is 12.2 Å². The Kier molecular flexibility index (Phi) is 4.03. The Morgan fingerprint density at radius 3 is 2.74 bits per heavy atom. The second-order valence-corrected chi connectivity index (χ2v) is 3.82. The lowest BCUT2D eigenvalue weighted by Crippen LogP contribution is -2.01. The van der Waals surface area contributed by atoms with Crippen LogP contribution in [0, 0.1) is 5.82 Å². The van der Waals surface area contributed by atoms with Crippen LogP contribution in [0.1, 0.15) is 21.6 Å². The highest BCUT2D eigenvalue weighted by molar-refractivity contribution is 5.89. The normalized spacial score (nSPS) is 10.6. The number of rotatable bonds is 3. The number of nitrogens with zero attached hydrogens (tertiary/aromatic N) is 1. The zero-order valence-electron chi connectivity index (χ0n) is 10.3. The Bertz CT molecular complexity index is 609. The van der Waals surface area contributed by atoms with E-state index >= 15 is 0 Å². The van der Waals surface area contributed by atoms with E-state index in [1.54, 1.807) is 18.3 Å². The van der Waals surface area contributed by atoms with Crippen molar-refractivity contribution in [3.8, 4) is 0 Å². The number of carbonyl (C=O) groups excluding carboxylic acids is 1. The summed E-state index contributed by atoms with van der Waals surface area (Å²) in [6.45, 7) is 0. The van der Waals surface area contributed by atoms with Gasteiger partial charge in [-0.25, -0.2) is 9.18 Å². The molecule has 3 nitrogen and oxygen atoms in total. The maximum absolute atomic E-state index is 13.8. The van der Waals surface area contributed by atoms with Gasteiger partial charge in [-0.15, -0.1) is 0 Å². The average molecular weight is 257 g/mol. The lowest BCUT2D eigenvalue weighted by atomic mass is 10.1. The Balaban J connectivity index is 2.22. The summed E-state index contributed by atoms with van der Waals surface area (Å²) in [5, 5.41) is 0. The molecule has 0 unspecified atom stereocenters. The van der Waals surface area contributed by atoms with Crippen LogP contribution in [0.4, 0.5) is 4.39 Å². The van der Waals surface area contributed by atoms with E-state index in [4.69, 9.17) is 0 Å². The molecule has 1 aromatic heterocycles. The predicted octanol–water partition coefficient (Wildman–Crippen LogP) is 3.18. The van der Waals surface area contributed by atoms with Gasteiger partial charge in [-0.3, -0.25) is 4.98 Å². The molecule has 0 aliphatic carbocycles. The first-order valence-electron chi connectivity index (χ1n) is 5.67. The minimum absolute atomic E-state index is 0.190. The SMILES string of the molecule is COC(=O)c1ccc(/C=C/c2ccccn2)c(F)c1. The van der Waals surface area contributed by atoms with Crippen molar-refractivity contribution < 1.29 is 13.9 Å². The molecule has 1 aromatic carbocycles. The Morgan fingerprint density at radius 2 is 2.11 bits per heavy atom. The average Bonchev–Trinajstić information content (AvgIpc) is 2.46. The number of methoxy groups -OCH3 is 1. The first-order valence-corrected chi connectivity index (χ1v) is 5.67. The van der Waals surface area contributed by atoms with E-state index in [0.29, 0.717) is 5.56 Å². The highest BCUT2D eigenvalue weighted by atomic mass is 19.1. The van der Waals surface area contributed by atoms with E-state index < -0.39 is 11.8 Å². The molecule has 0 bridgehead atoms. The minimum Gasteiger partial charge on any atom is -0.465 e. The van der Waals surface area contributed by atoms with Gasteiger partial charge in [0.25, 0.3) is 0 Å². The fraction of sp³-hybridized carbons (Fsp3) is 0.0667. The van der Waals surface area contributed by atoms with E-state index in [2.05, 4.69) is 9.72 Å². The van der Waals surface area contributed by atoms with Crippen molar-refractivity contribution in [2.75, 3.05) is 7.11 Å². The number of esters is 1. The van der Waals surface area contributed by atoms with E-state index in [-0.39, 0.29) is 5.56 Å². The molecule has 0 radical (unpaired) electrons. The number of aromatic nitrogens is 1. The molecule has 0 fully saturated rings. The molecule has 1 heterocycles. The second-order valence-electron chi connectivity index (χ2n) is 3.82. The fourth-order valence-corrected chi connectivity index (χ4v) is 1.56. The number of pyridine rings is 1. The van der Waals surface area contributed by atoms with E-state index in [9.17, 15) is 9.18 Å². The van der Waals surface area contributed by atoms with Crippen molar-refractivity contribution in [3.05, 3.63) is 65.2 Å². The second kappa shape index (κ2) is 5.91. The molecule has 19 heavy (non-hydrogen) atoms. The van der Waals surface area contributed by atoms with Crippen molar-refractivity contribution in [2.45, 2.75) is 0 Å². The molecule has 0 aliphatic rings. The summed E-state index contributed by atoms with van der Waals surface area (Å²) < 4.78 is 18.3. The molecule has 0 saturated heterocycles. The summed E-state index contributed by atoms with van der Waals surface area (Å²) in [6, 6.07) is 9.68. The number of hydrogen-bond donors (Lipinski definition) is 0. The molecule has 2 aromatic rings. The quantitative estimate of drug-likeness (QED) is 0.793. The van der Waals surface area contributed by atoms with Crippen LogP contribution in [0.3, 0.4) is 0 Å². The van der Waals surface area contributed by atoms with Gasteiger partial charge in [0.2, 0.25) is 0 Å².